The van der Waals surface area contributed by atoms with Crippen LogP contribution < -0.4 is 15.0 Å². The number of amides is 2. The molecule has 1 N–H and O–H groups in total. The van der Waals surface area contributed by atoms with Crippen molar-refractivity contribution >= 4 is 17.4 Å². The summed E-state index contributed by atoms with van der Waals surface area (Å²) in [5.41, 5.74) is 5.80. The second kappa shape index (κ2) is 8.39. The number of hydroxylamine groups is 3. The number of carbonyl (C=O) groups excluding carboxylic acids is 1. The predicted octanol–water partition coefficient (Wildman–Crippen LogP) is 3.94. The normalized spacial score (nSPS) is 15.9. The largest absolute Gasteiger partial charge is 0.624 e. The molecule has 1 aliphatic heterocycles. The number of aryl methyl sites for hydroxylation is 4. The summed E-state index contributed by atoms with van der Waals surface area (Å²) in [5.74, 6) is 0.327. The fourth-order valence-corrected chi connectivity index (χ4v) is 3.83. The van der Waals surface area contributed by atoms with Gasteiger partial charge in [0.05, 0.1) is 20.2 Å². The van der Waals surface area contributed by atoms with Crippen molar-refractivity contribution in [3.05, 3.63) is 51.9 Å². The molecule has 1 aliphatic rings. The number of carbonyl (C=O) groups is 1. The Morgan fingerprint density at radius 2 is 1.79 bits per heavy atom. The summed E-state index contributed by atoms with van der Waals surface area (Å²) in [5, 5.41) is 16.0. The molecule has 2 amide bonds. The van der Waals surface area contributed by atoms with E-state index in [0.717, 1.165) is 23.4 Å². The second-order valence-corrected chi connectivity index (χ2v) is 7.74. The number of hydrogen-bond acceptors (Lipinski definition) is 5. The van der Waals surface area contributed by atoms with Crippen LogP contribution in [0.4, 0.5) is 16.2 Å². The van der Waals surface area contributed by atoms with E-state index in [1.54, 1.807) is 0 Å². The summed E-state index contributed by atoms with van der Waals surface area (Å²) in [7, 11) is 1.51. The Hall–Kier alpha value is -2.64. The number of urea groups is 1. The maximum Gasteiger partial charge on any atom is 0.421 e. The second-order valence-electron chi connectivity index (χ2n) is 7.74. The third-order valence-corrected chi connectivity index (χ3v) is 5.50. The van der Waals surface area contributed by atoms with Crippen LogP contribution in [-0.4, -0.2) is 49.0 Å². The number of aromatic nitrogens is 1. The molecule has 7 heteroatoms. The first-order chi connectivity index (χ1) is 13.8. The summed E-state index contributed by atoms with van der Waals surface area (Å²) in [6, 6.07) is 7.63. The molecule has 3 rings (SSSR count). The molecule has 1 fully saturated rings. The van der Waals surface area contributed by atoms with E-state index >= 15 is 0 Å². The van der Waals surface area contributed by atoms with E-state index in [-0.39, 0.29) is 13.1 Å². The maximum atomic E-state index is 13.2. The third-order valence-electron chi connectivity index (χ3n) is 5.50. The number of hydrogen-bond donors (Lipinski definition) is 1. The summed E-state index contributed by atoms with van der Waals surface area (Å²) in [6.45, 7) is 9.51. The number of methoxy groups -OCH3 is 1. The van der Waals surface area contributed by atoms with Crippen LogP contribution in [0.15, 0.2) is 24.3 Å². The number of benzene rings is 1. The Morgan fingerprint density at radius 1 is 1.17 bits per heavy atom. The fraction of sp³-hybridized carbons (Fsp3) is 0.455. The van der Waals surface area contributed by atoms with Gasteiger partial charge in [-0.05, 0) is 62.1 Å². The van der Waals surface area contributed by atoms with Crippen LogP contribution in [0.25, 0.3) is 0 Å². The molecule has 2 aromatic rings. The Kier molecular flexibility index (Phi) is 6.10. The molecule has 0 radical (unpaired) electrons. The van der Waals surface area contributed by atoms with Crippen molar-refractivity contribution in [2.75, 3.05) is 43.5 Å². The van der Waals surface area contributed by atoms with Gasteiger partial charge in [-0.25, -0.2) is 9.78 Å². The molecule has 1 saturated heterocycles. The van der Waals surface area contributed by atoms with E-state index in [9.17, 15) is 10.0 Å². The Labute approximate surface area is 172 Å². The van der Waals surface area contributed by atoms with Gasteiger partial charge in [-0.1, -0.05) is 13.0 Å². The maximum absolute atomic E-state index is 13.2. The molecule has 0 atom stereocenters. The highest BCUT2D eigenvalue weighted by molar-refractivity contribution is 5.86. The van der Waals surface area contributed by atoms with Crippen molar-refractivity contribution in [1.82, 2.24) is 4.98 Å². The van der Waals surface area contributed by atoms with Gasteiger partial charge in [0.25, 0.3) is 0 Å². The first kappa shape index (κ1) is 21.1. The highest BCUT2D eigenvalue weighted by Gasteiger charge is 2.33. The summed E-state index contributed by atoms with van der Waals surface area (Å²) < 4.78 is 4.40. The number of anilines is 2. The van der Waals surface area contributed by atoms with Crippen LogP contribution in [0.5, 0.6) is 5.88 Å². The molecule has 0 bridgehead atoms. The van der Waals surface area contributed by atoms with Crippen molar-refractivity contribution in [1.29, 1.82) is 0 Å². The average Bonchev–Trinajstić information content (AvgIpc) is 2.68. The third kappa shape index (κ3) is 4.52. The van der Waals surface area contributed by atoms with Crippen molar-refractivity contribution in [3.63, 3.8) is 0 Å². The van der Waals surface area contributed by atoms with Gasteiger partial charge in [-0.3, -0.25) is 9.96 Å². The molecule has 0 saturated carbocycles. The molecule has 0 spiro atoms. The lowest BCUT2D eigenvalue weighted by atomic mass is 10.1. The molecular formula is C22H30N4O3. The zero-order valence-electron chi connectivity index (χ0n) is 17.9. The Bertz CT molecular complexity index is 885. The molecule has 29 heavy (non-hydrogen) atoms. The minimum absolute atomic E-state index is 0.195. The van der Waals surface area contributed by atoms with Crippen molar-refractivity contribution in [2.45, 2.75) is 34.1 Å². The quantitative estimate of drug-likeness (QED) is 0.623. The topological polar surface area (TPSA) is 77.5 Å². The number of rotatable bonds is 4. The fourth-order valence-electron chi connectivity index (χ4n) is 3.83. The first-order valence-electron chi connectivity index (χ1n) is 10.0. The smallest absolute Gasteiger partial charge is 0.421 e. The van der Waals surface area contributed by atoms with E-state index in [1.165, 1.54) is 18.2 Å². The molecular weight excluding hydrogens is 368 g/mol. The number of nitrogens with zero attached hydrogens (tertiary/aromatic N) is 3. The number of piperazine rings is 1. The molecule has 1 aromatic carbocycles. The molecule has 2 heterocycles. The van der Waals surface area contributed by atoms with Gasteiger partial charge in [0, 0.05) is 11.4 Å². The lowest BCUT2D eigenvalue weighted by molar-refractivity contribution is -0.797. The zero-order valence-corrected chi connectivity index (χ0v) is 17.9. The lowest BCUT2D eigenvalue weighted by Crippen LogP contribution is -2.60. The Morgan fingerprint density at radius 3 is 2.34 bits per heavy atom. The van der Waals surface area contributed by atoms with E-state index in [2.05, 4.69) is 47.2 Å². The summed E-state index contributed by atoms with van der Waals surface area (Å²) in [4.78, 5) is 19.4. The van der Waals surface area contributed by atoms with Gasteiger partial charge < -0.3 is 14.8 Å². The van der Waals surface area contributed by atoms with Crippen molar-refractivity contribution in [2.24, 2.45) is 0 Å². The molecule has 7 nitrogen and oxygen atoms in total. The van der Waals surface area contributed by atoms with Crippen molar-refractivity contribution < 1.29 is 14.2 Å². The highest BCUT2D eigenvalue weighted by atomic mass is 16.6. The lowest BCUT2D eigenvalue weighted by Gasteiger charge is -2.45. The number of ether oxygens (including phenoxy) is 1. The van der Waals surface area contributed by atoms with Gasteiger partial charge >= 0.3 is 6.03 Å². The van der Waals surface area contributed by atoms with Gasteiger partial charge in [0.15, 0.2) is 0 Å². The molecule has 0 unspecified atom stereocenters. The van der Waals surface area contributed by atoms with Crippen LogP contribution in [0.3, 0.4) is 0 Å². The van der Waals surface area contributed by atoms with E-state index < -0.39 is 10.7 Å². The van der Waals surface area contributed by atoms with E-state index in [0.29, 0.717) is 24.7 Å². The van der Waals surface area contributed by atoms with Crippen LogP contribution in [0.1, 0.15) is 29.3 Å². The van der Waals surface area contributed by atoms with E-state index in [1.807, 2.05) is 19.9 Å². The van der Waals surface area contributed by atoms with Crippen LogP contribution in [0, 0.1) is 26.0 Å². The number of nitrogens with one attached hydrogen (secondary N) is 1. The molecule has 156 valence electrons. The zero-order chi connectivity index (χ0) is 21.2. The standard InChI is InChI=1S/C22H30N4O3/c1-6-18-14-20(21(29-5)23-17(18)4)24-22(27)26(28)9-7-25(8-10-26)19-12-15(2)11-16(3)13-19/h11-14H,6-10H2,1-5H3,(H,24,27). The van der Waals surface area contributed by atoms with E-state index in [4.69, 9.17) is 4.74 Å². The minimum atomic E-state index is -0.903. The van der Waals surface area contributed by atoms with Gasteiger partial charge in [0.2, 0.25) is 5.88 Å². The van der Waals surface area contributed by atoms with Gasteiger partial charge in [-0.2, -0.15) is 0 Å². The first-order valence-corrected chi connectivity index (χ1v) is 10.0. The molecule has 0 aliphatic carbocycles. The van der Waals surface area contributed by atoms with Crippen LogP contribution >= 0.6 is 0 Å². The Balaban J connectivity index is 1.72. The molecule has 1 aromatic heterocycles. The van der Waals surface area contributed by atoms with Gasteiger partial charge in [0.1, 0.15) is 18.8 Å². The summed E-state index contributed by atoms with van der Waals surface area (Å²) >= 11 is 0. The highest BCUT2D eigenvalue weighted by Crippen LogP contribution is 2.27. The predicted molar refractivity (Wildman–Crippen MR) is 115 cm³/mol. The monoisotopic (exact) mass is 398 g/mol. The number of quaternary nitrogens is 1. The minimum Gasteiger partial charge on any atom is -0.624 e. The van der Waals surface area contributed by atoms with Gasteiger partial charge in [-0.15, -0.1) is 0 Å². The SMILES string of the molecule is CCc1cc(NC(=O)[N+]2([O-])CCN(c3cc(C)cc(C)c3)CC2)c(OC)nc1C. The number of pyridine rings is 1. The van der Waals surface area contributed by atoms with Crippen molar-refractivity contribution in [3.8, 4) is 5.88 Å². The average molecular weight is 399 g/mol. The van der Waals surface area contributed by atoms with Crippen LogP contribution in [-0.2, 0) is 6.42 Å². The summed E-state index contributed by atoms with van der Waals surface area (Å²) in [6.07, 6.45) is 0.786. The van der Waals surface area contributed by atoms with Crippen LogP contribution in [0.2, 0.25) is 0 Å².